The van der Waals surface area contributed by atoms with E-state index in [2.05, 4.69) is 10.6 Å². The molecule has 116 valence electrons. The van der Waals surface area contributed by atoms with Gasteiger partial charge in [0.1, 0.15) is 11.7 Å². The minimum atomic E-state index is -1.11. The van der Waals surface area contributed by atoms with Crippen molar-refractivity contribution in [2.24, 2.45) is 5.92 Å². The van der Waals surface area contributed by atoms with Crippen molar-refractivity contribution >= 4 is 17.8 Å². The van der Waals surface area contributed by atoms with Crippen molar-refractivity contribution in [3.05, 3.63) is 71.5 Å². The fourth-order valence-electron chi connectivity index (χ4n) is 2.74. The van der Waals surface area contributed by atoms with Crippen molar-refractivity contribution in [3.63, 3.8) is 0 Å². The molecular formula is C17H13FN2O3. The largest absolute Gasteiger partial charge is 0.328 e. The lowest BCUT2D eigenvalue weighted by atomic mass is 9.79. The van der Waals surface area contributed by atoms with Gasteiger partial charge in [-0.15, -0.1) is 0 Å². The Balaban J connectivity index is 2.08. The van der Waals surface area contributed by atoms with Crippen LogP contribution in [0.25, 0.3) is 0 Å². The van der Waals surface area contributed by atoms with Gasteiger partial charge in [0.05, 0.1) is 0 Å². The van der Waals surface area contributed by atoms with E-state index in [1.165, 1.54) is 24.3 Å². The van der Waals surface area contributed by atoms with E-state index in [0.29, 0.717) is 5.56 Å². The molecule has 2 aromatic carbocycles. The Bertz CT molecular complexity index is 739. The summed E-state index contributed by atoms with van der Waals surface area (Å²) in [6.07, 6.45) is 0. The van der Waals surface area contributed by atoms with E-state index in [9.17, 15) is 18.8 Å². The van der Waals surface area contributed by atoms with E-state index in [4.69, 9.17) is 0 Å². The lowest BCUT2D eigenvalue weighted by Gasteiger charge is -2.28. The standard InChI is InChI=1S/C17H13FN2O3/c18-12-8-6-11(7-9-12)13(10-4-2-1-3-5-10)14-15(21)19-17(23)20-16(14)22/h1-9,13-14H,(H2,19,20,21,22,23). The summed E-state index contributed by atoms with van der Waals surface area (Å²) in [7, 11) is 0. The number of hydrogen-bond acceptors (Lipinski definition) is 3. The number of barbiturate groups is 1. The summed E-state index contributed by atoms with van der Waals surface area (Å²) in [6, 6.07) is 13.7. The van der Waals surface area contributed by atoms with Crippen LogP contribution >= 0.6 is 0 Å². The number of hydrogen-bond donors (Lipinski definition) is 2. The molecule has 0 spiro atoms. The number of benzene rings is 2. The highest BCUT2D eigenvalue weighted by molar-refractivity contribution is 6.16. The molecule has 3 rings (SSSR count). The van der Waals surface area contributed by atoms with Crippen molar-refractivity contribution in [2.45, 2.75) is 5.92 Å². The molecule has 1 saturated heterocycles. The summed E-state index contributed by atoms with van der Waals surface area (Å²) in [5.41, 5.74) is 1.34. The molecule has 1 fully saturated rings. The zero-order chi connectivity index (χ0) is 16.4. The number of imide groups is 2. The monoisotopic (exact) mass is 312 g/mol. The van der Waals surface area contributed by atoms with Gasteiger partial charge in [0, 0.05) is 5.92 Å². The van der Waals surface area contributed by atoms with Crippen LogP contribution in [0.3, 0.4) is 0 Å². The highest BCUT2D eigenvalue weighted by Crippen LogP contribution is 2.33. The number of carbonyl (C=O) groups excluding carboxylic acids is 3. The summed E-state index contributed by atoms with van der Waals surface area (Å²) in [6.45, 7) is 0. The first-order chi connectivity index (χ1) is 11.1. The smallest absolute Gasteiger partial charge is 0.277 e. The van der Waals surface area contributed by atoms with Crippen LogP contribution in [0, 0.1) is 11.7 Å². The first-order valence-corrected chi connectivity index (χ1v) is 7.02. The second kappa shape index (κ2) is 6.00. The maximum absolute atomic E-state index is 13.2. The van der Waals surface area contributed by atoms with Crippen molar-refractivity contribution in [3.8, 4) is 0 Å². The predicted molar refractivity (Wildman–Crippen MR) is 79.9 cm³/mol. The van der Waals surface area contributed by atoms with Gasteiger partial charge >= 0.3 is 6.03 Å². The third-order valence-electron chi connectivity index (χ3n) is 3.76. The van der Waals surface area contributed by atoms with E-state index in [1.54, 1.807) is 24.3 Å². The average Bonchev–Trinajstić information content (AvgIpc) is 2.53. The van der Waals surface area contributed by atoms with E-state index in [1.807, 2.05) is 6.07 Å². The molecule has 1 aliphatic heterocycles. The first kappa shape index (κ1) is 14.9. The molecule has 1 atom stereocenters. The summed E-state index contributed by atoms with van der Waals surface area (Å²) < 4.78 is 13.2. The van der Waals surface area contributed by atoms with Gasteiger partial charge in [0.25, 0.3) is 0 Å². The van der Waals surface area contributed by atoms with Crippen molar-refractivity contribution in [2.75, 3.05) is 0 Å². The second-order valence-electron chi connectivity index (χ2n) is 5.23. The third-order valence-corrected chi connectivity index (χ3v) is 3.76. The lowest BCUT2D eigenvalue weighted by molar-refractivity contribution is -0.136. The van der Waals surface area contributed by atoms with Crippen LogP contribution in [0.2, 0.25) is 0 Å². The Hall–Kier alpha value is -3.02. The van der Waals surface area contributed by atoms with Crippen LogP contribution < -0.4 is 10.6 Å². The zero-order valence-electron chi connectivity index (χ0n) is 12.0. The molecule has 0 bridgehead atoms. The Morgan fingerprint density at radius 3 is 1.87 bits per heavy atom. The molecule has 2 N–H and O–H groups in total. The number of amides is 4. The van der Waals surface area contributed by atoms with Crippen LogP contribution in [-0.2, 0) is 9.59 Å². The number of urea groups is 1. The molecule has 0 radical (unpaired) electrons. The maximum Gasteiger partial charge on any atom is 0.328 e. The van der Waals surface area contributed by atoms with Gasteiger partial charge in [0.2, 0.25) is 11.8 Å². The van der Waals surface area contributed by atoms with Gasteiger partial charge in [-0.25, -0.2) is 9.18 Å². The summed E-state index contributed by atoms with van der Waals surface area (Å²) in [4.78, 5) is 35.7. The molecule has 2 aromatic rings. The fourth-order valence-corrected chi connectivity index (χ4v) is 2.74. The van der Waals surface area contributed by atoms with E-state index < -0.39 is 35.5 Å². The zero-order valence-corrected chi connectivity index (χ0v) is 12.0. The normalized spacial score (nSPS) is 16.7. The second-order valence-corrected chi connectivity index (χ2v) is 5.23. The summed E-state index contributed by atoms with van der Waals surface area (Å²) in [5.74, 6) is -3.48. The Morgan fingerprint density at radius 1 is 0.783 bits per heavy atom. The van der Waals surface area contributed by atoms with Crippen LogP contribution in [0.5, 0.6) is 0 Å². The van der Waals surface area contributed by atoms with Gasteiger partial charge in [-0.1, -0.05) is 42.5 Å². The molecule has 0 aromatic heterocycles. The molecular weight excluding hydrogens is 299 g/mol. The van der Waals surface area contributed by atoms with Gasteiger partial charge in [-0.05, 0) is 23.3 Å². The first-order valence-electron chi connectivity index (χ1n) is 7.02. The van der Waals surface area contributed by atoms with E-state index in [-0.39, 0.29) is 0 Å². The molecule has 5 nitrogen and oxygen atoms in total. The van der Waals surface area contributed by atoms with E-state index in [0.717, 1.165) is 5.56 Å². The van der Waals surface area contributed by atoms with Crippen LogP contribution in [0.1, 0.15) is 17.0 Å². The van der Waals surface area contributed by atoms with Crippen LogP contribution in [0.15, 0.2) is 54.6 Å². The van der Waals surface area contributed by atoms with Gasteiger partial charge < -0.3 is 0 Å². The Morgan fingerprint density at radius 2 is 1.30 bits per heavy atom. The van der Waals surface area contributed by atoms with Crippen molar-refractivity contribution < 1.29 is 18.8 Å². The SMILES string of the molecule is O=C1NC(=O)C(C(c2ccccc2)c2ccc(F)cc2)C(=O)N1. The number of nitrogens with one attached hydrogen (secondary N) is 2. The van der Waals surface area contributed by atoms with E-state index >= 15 is 0 Å². The molecule has 0 aliphatic carbocycles. The molecule has 23 heavy (non-hydrogen) atoms. The molecule has 4 amide bonds. The maximum atomic E-state index is 13.2. The molecule has 1 heterocycles. The predicted octanol–water partition coefficient (Wildman–Crippen LogP) is 1.94. The van der Waals surface area contributed by atoms with Gasteiger partial charge in [-0.3, -0.25) is 20.2 Å². The fraction of sp³-hybridized carbons (Fsp3) is 0.118. The quantitative estimate of drug-likeness (QED) is 0.851. The number of carbonyl (C=O) groups is 3. The minimum Gasteiger partial charge on any atom is -0.277 e. The third kappa shape index (κ3) is 2.96. The summed E-state index contributed by atoms with van der Waals surface area (Å²) in [5, 5.41) is 4.21. The highest BCUT2D eigenvalue weighted by atomic mass is 19.1. The summed E-state index contributed by atoms with van der Waals surface area (Å²) >= 11 is 0. The topological polar surface area (TPSA) is 75.3 Å². The minimum absolute atomic E-state index is 0.409. The molecule has 0 saturated carbocycles. The number of halogens is 1. The lowest BCUT2D eigenvalue weighted by Crippen LogP contribution is -2.57. The van der Waals surface area contributed by atoms with Crippen molar-refractivity contribution in [1.29, 1.82) is 0 Å². The Kier molecular flexibility index (Phi) is 3.89. The molecule has 6 heteroatoms. The molecule has 1 unspecified atom stereocenters. The van der Waals surface area contributed by atoms with Gasteiger partial charge in [0.15, 0.2) is 0 Å². The number of rotatable bonds is 3. The Labute approximate surface area is 131 Å². The van der Waals surface area contributed by atoms with Crippen molar-refractivity contribution in [1.82, 2.24) is 10.6 Å². The average molecular weight is 312 g/mol. The highest BCUT2D eigenvalue weighted by Gasteiger charge is 2.41. The van der Waals surface area contributed by atoms with Crippen LogP contribution in [0.4, 0.5) is 9.18 Å². The van der Waals surface area contributed by atoms with Crippen LogP contribution in [-0.4, -0.2) is 17.8 Å². The molecule has 1 aliphatic rings. The van der Waals surface area contributed by atoms with Gasteiger partial charge in [-0.2, -0.15) is 0 Å².